The van der Waals surface area contributed by atoms with Crippen molar-refractivity contribution in [1.82, 2.24) is 15.5 Å². The van der Waals surface area contributed by atoms with Crippen LogP contribution in [0.4, 0.5) is 0 Å². The van der Waals surface area contributed by atoms with E-state index in [1.54, 1.807) is 0 Å². The molecule has 0 radical (unpaired) electrons. The molecular formula is C26H33N3O. The van der Waals surface area contributed by atoms with Crippen molar-refractivity contribution in [3.05, 3.63) is 76.9 Å². The molecule has 0 saturated carbocycles. The van der Waals surface area contributed by atoms with E-state index in [1.807, 2.05) is 24.1 Å². The molecule has 1 aliphatic carbocycles. The van der Waals surface area contributed by atoms with E-state index >= 15 is 0 Å². The fraction of sp³-hybridized carbons (Fsp3) is 0.423. The SMILES string of the molecule is C=C(NC1CCc2ccc(C(=O)N(C)CC3CCNCC3)cc21)c1ccccc1C. The van der Waals surface area contributed by atoms with Gasteiger partial charge in [-0.2, -0.15) is 0 Å². The third-order valence-electron chi connectivity index (χ3n) is 6.63. The number of carbonyl (C=O) groups excluding carboxylic acids is 1. The summed E-state index contributed by atoms with van der Waals surface area (Å²) in [5.74, 6) is 0.723. The number of carbonyl (C=O) groups is 1. The Morgan fingerprint density at radius 1 is 1.17 bits per heavy atom. The number of nitrogens with one attached hydrogen (secondary N) is 2. The summed E-state index contributed by atoms with van der Waals surface area (Å²) in [6, 6.07) is 14.8. The second kappa shape index (κ2) is 9.05. The highest BCUT2D eigenvalue weighted by atomic mass is 16.2. The summed E-state index contributed by atoms with van der Waals surface area (Å²) in [4.78, 5) is 15.0. The van der Waals surface area contributed by atoms with Crippen LogP contribution in [0.3, 0.4) is 0 Å². The lowest BCUT2D eigenvalue weighted by Gasteiger charge is -2.28. The van der Waals surface area contributed by atoms with Crippen molar-refractivity contribution in [1.29, 1.82) is 0 Å². The Balaban J connectivity index is 1.46. The van der Waals surface area contributed by atoms with E-state index in [9.17, 15) is 4.79 Å². The minimum Gasteiger partial charge on any atom is -0.378 e. The van der Waals surface area contributed by atoms with Crippen LogP contribution in [0.5, 0.6) is 0 Å². The number of rotatable bonds is 6. The maximum absolute atomic E-state index is 13.1. The molecule has 1 fully saturated rings. The van der Waals surface area contributed by atoms with Crippen LogP contribution in [0, 0.1) is 12.8 Å². The number of amides is 1. The minimum atomic E-state index is 0.125. The molecule has 1 aliphatic heterocycles. The zero-order valence-electron chi connectivity index (χ0n) is 18.2. The molecule has 0 spiro atoms. The molecule has 2 aliphatic rings. The number of aryl methyl sites for hydroxylation is 2. The average Bonchev–Trinajstić information content (AvgIpc) is 3.16. The topological polar surface area (TPSA) is 44.4 Å². The molecule has 1 saturated heterocycles. The Kier molecular flexibility index (Phi) is 6.24. The number of hydrogen-bond acceptors (Lipinski definition) is 3. The van der Waals surface area contributed by atoms with Crippen molar-refractivity contribution in [3.63, 3.8) is 0 Å². The summed E-state index contributed by atoms with van der Waals surface area (Å²) in [7, 11) is 1.94. The Morgan fingerprint density at radius 2 is 1.93 bits per heavy atom. The molecule has 30 heavy (non-hydrogen) atoms. The standard InChI is InChI=1S/C26H33N3O/c1-18-6-4-5-7-23(18)19(2)28-25-11-10-21-8-9-22(16-24(21)25)26(30)29(3)17-20-12-14-27-15-13-20/h4-9,16,20,25,27-28H,2,10-15,17H2,1,3H3. The van der Waals surface area contributed by atoms with Crippen LogP contribution in [-0.2, 0) is 6.42 Å². The van der Waals surface area contributed by atoms with Crippen LogP contribution in [0.2, 0.25) is 0 Å². The maximum atomic E-state index is 13.1. The number of nitrogens with zero attached hydrogens (tertiary/aromatic N) is 1. The maximum Gasteiger partial charge on any atom is 0.253 e. The minimum absolute atomic E-state index is 0.125. The first-order chi connectivity index (χ1) is 14.5. The molecule has 158 valence electrons. The molecule has 1 heterocycles. The van der Waals surface area contributed by atoms with Gasteiger partial charge in [0.1, 0.15) is 0 Å². The van der Waals surface area contributed by atoms with Crippen LogP contribution < -0.4 is 10.6 Å². The molecule has 0 aromatic heterocycles. The van der Waals surface area contributed by atoms with Crippen molar-refractivity contribution < 1.29 is 4.79 Å². The zero-order valence-corrected chi connectivity index (χ0v) is 18.2. The van der Waals surface area contributed by atoms with Gasteiger partial charge in [-0.15, -0.1) is 0 Å². The van der Waals surface area contributed by atoms with Crippen molar-refractivity contribution in [2.24, 2.45) is 5.92 Å². The van der Waals surface area contributed by atoms with Crippen molar-refractivity contribution in [2.45, 2.75) is 38.6 Å². The molecule has 2 aromatic carbocycles. The fourth-order valence-corrected chi connectivity index (χ4v) is 4.84. The van der Waals surface area contributed by atoms with Gasteiger partial charge < -0.3 is 15.5 Å². The van der Waals surface area contributed by atoms with E-state index < -0.39 is 0 Å². The van der Waals surface area contributed by atoms with Gasteiger partial charge in [0.15, 0.2) is 0 Å². The first kappa shape index (κ1) is 20.7. The average molecular weight is 404 g/mol. The lowest BCUT2D eigenvalue weighted by molar-refractivity contribution is 0.0762. The monoisotopic (exact) mass is 403 g/mol. The fourth-order valence-electron chi connectivity index (χ4n) is 4.84. The number of piperidine rings is 1. The Hall–Kier alpha value is -2.59. The molecule has 0 bridgehead atoms. The van der Waals surface area contributed by atoms with Crippen LogP contribution in [0.15, 0.2) is 49.0 Å². The van der Waals surface area contributed by atoms with Gasteiger partial charge in [0.25, 0.3) is 5.91 Å². The van der Waals surface area contributed by atoms with Gasteiger partial charge in [-0.3, -0.25) is 4.79 Å². The van der Waals surface area contributed by atoms with E-state index in [0.29, 0.717) is 5.92 Å². The summed E-state index contributed by atoms with van der Waals surface area (Å²) < 4.78 is 0. The first-order valence-electron chi connectivity index (χ1n) is 11.1. The van der Waals surface area contributed by atoms with Crippen LogP contribution in [0.1, 0.15) is 57.9 Å². The van der Waals surface area contributed by atoms with Crippen molar-refractivity contribution in [3.8, 4) is 0 Å². The van der Waals surface area contributed by atoms with Crippen LogP contribution in [-0.4, -0.2) is 37.5 Å². The number of fused-ring (bicyclic) bond motifs is 1. The van der Waals surface area contributed by atoms with Crippen molar-refractivity contribution in [2.75, 3.05) is 26.7 Å². The lowest BCUT2D eigenvalue weighted by atomic mass is 9.97. The van der Waals surface area contributed by atoms with Gasteiger partial charge in [-0.05, 0) is 86.0 Å². The Morgan fingerprint density at radius 3 is 2.70 bits per heavy atom. The van der Waals surface area contributed by atoms with E-state index in [4.69, 9.17) is 0 Å². The van der Waals surface area contributed by atoms with E-state index in [2.05, 4.69) is 54.5 Å². The van der Waals surface area contributed by atoms with Gasteiger partial charge in [0, 0.05) is 24.9 Å². The van der Waals surface area contributed by atoms with Gasteiger partial charge in [-0.25, -0.2) is 0 Å². The smallest absolute Gasteiger partial charge is 0.253 e. The molecule has 4 rings (SSSR count). The van der Waals surface area contributed by atoms with Gasteiger partial charge in [0.2, 0.25) is 0 Å². The Bertz CT molecular complexity index is 930. The predicted molar refractivity (Wildman–Crippen MR) is 123 cm³/mol. The highest BCUT2D eigenvalue weighted by molar-refractivity contribution is 5.94. The summed E-state index contributed by atoms with van der Waals surface area (Å²) in [5, 5.41) is 7.02. The van der Waals surface area contributed by atoms with Crippen LogP contribution in [0.25, 0.3) is 5.70 Å². The lowest BCUT2D eigenvalue weighted by Crippen LogP contribution is -2.37. The zero-order chi connectivity index (χ0) is 21.1. The van der Waals surface area contributed by atoms with Crippen molar-refractivity contribution >= 4 is 11.6 Å². The second-order valence-electron chi connectivity index (χ2n) is 8.82. The summed E-state index contributed by atoms with van der Waals surface area (Å²) in [5.41, 5.74) is 6.69. The van der Waals surface area contributed by atoms with Gasteiger partial charge in [0.05, 0.1) is 6.04 Å². The normalized spacial score (nSPS) is 18.7. The Labute approximate surface area is 180 Å². The summed E-state index contributed by atoms with van der Waals surface area (Å²) in [6.07, 6.45) is 4.36. The molecule has 4 nitrogen and oxygen atoms in total. The number of hydrogen-bond donors (Lipinski definition) is 2. The van der Waals surface area contributed by atoms with Crippen LogP contribution >= 0.6 is 0 Å². The van der Waals surface area contributed by atoms with E-state index in [0.717, 1.165) is 62.1 Å². The van der Waals surface area contributed by atoms with E-state index in [1.165, 1.54) is 16.7 Å². The quantitative estimate of drug-likeness (QED) is 0.755. The first-order valence-corrected chi connectivity index (χ1v) is 11.1. The summed E-state index contributed by atoms with van der Waals surface area (Å²) in [6.45, 7) is 9.35. The summed E-state index contributed by atoms with van der Waals surface area (Å²) >= 11 is 0. The predicted octanol–water partition coefficient (Wildman–Crippen LogP) is 4.31. The molecule has 2 aromatic rings. The van der Waals surface area contributed by atoms with Gasteiger partial charge in [-0.1, -0.05) is 36.9 Å². The molecule has 1 amide bonds. The third kappa shape index (κ3) is 4.44. The largest absolute Gasteiger partial charge is 0.378 e. The van der Waals surface area contributed by atoms with E-state index in [-0.39, 0.29) is 11.9 Å². The highest BCUT2D eigenvalue weighted by Crippen LogP contribution is 2.34. The third-order valence-corrected chi connectivity index (χ3v) is 6.63. The number of benzene rings is 2. The highest BCUT2D eigenvalue weighted by Gasteiger charge is 2.26. The molecule has 1 atom stereocenters. The molecular weight excluding hydrogens is 370 g/mol. The second-order valence-corrected chi connectivity index (χ2v) is 8.82. The molecule has 1 unspecified atom stereocenters. The molecule has 4 heteroatoms. The van der Waals surface area contributed by atoms with Gasteiger partial charge >= 0.3 is 0 Å². The molecule has 2 N–H and O–H groups in total.